The molecule has 3 N–H and O–H groups in total. The van der Waals surface area contributed by atoms with E-state index in [2.05, 4.69) is 34.6 Å². The Labute approximate surface area is 562 Å². The number of carbonyl (C=O) groups excluding carboxylic acids is 4. The second kappa shape index (κ2) is 66.3. The molecule has 0 aliphatic rings. The number of hydrogen-bond donors (Lipinski definition) is 3. The molecule has 0 aromatic carbocycles. The summed E-state index contributed by atoms with van der Waals surface area (Å²) in [5.41, 5.74) is 0. The van der Waals surface area contributed by atoms with E-state index in [0.29, 0.717) is 25.7 Å². The Kier molecular flexibility index (Phi) is 64.9. The van der Waals surface area contributed by atoms with Gasteiger partial charge in [0.05, 0.1) is 26.4 Å². The van der Waals surface area contributed by atoms with E-state index in [4.69, 9.17) is 37.0 Å². The fourth-order valence-electron chi connectivity index (χ4n) is 11.2. The Morgan fingerprint density at radius 1 is 0.293 bits per heavy atom. The number of rotatable bonds is 73. The van der Waals surface area contributed by atoms with Gasteiger partial charge in [0.15, 0.2) is 12.2 Å². The Morgan fingerprint density at radius 3 is 0.739 bits per heavy atom. The van der Waals surface area contributed by atoms with Crippen molar-refractivity contribution in [1.29, 1.82) is 0 Å². The molecule has 0 rings (SSSR count). The maximum absolute atomic E-state index is 13.1. The van der Waals surface area contributed by atoms with Gasteiger partial charge in [-0.15, -0.1) is 0 Å². The predicted molar refractivity (Wildman–Crippen MR) is 372 cm³/mol. The molecule has 0 fully saturated rings. The van der Waals surface area contributed by atoms with Crippen LogP contribution in [-0.4, -0.2) is 96.7 Å². The van der Waals surface area contributed by atoms with Crippen LogP contribution < -0.4 is 0 Å². The summed E-state index contributed by atoms with van der Waals surface area (Å²) in [6, 6.07) is 0. The Morgan fingerprint density at radius 2 is 0.500 bits per heavy atom. The molecule has 0 aliphatic heterocycles. The number of phosphoric ester groups is 2. The number of esters is 4. The smallest absolute Gasteiger partial charge is 0.462 e. The number of hydrogen-bond acceptors (Lipinski definition) is 15. The van der Waals surface area contributed by atoms with Gasteiger partial charge in [-0.25, -0.2) is 9.13 Å². The SMILES string of the molecule is CCCCCCCCCCCCCCCCCCCCC(=O)O[C@H](COC(=O)CCCCCCCCCCCCCCCCC(C)C)COP(=O)(O)OC[C@@H](O)COP(=O)(O)OC[C@@H](COC(=O)CCCCCCCCC)OC(=O)CCCCCCCCCCCC. The van der Waals surface area contributed by atoms with Crippen molar-refractivity contribution in [1.82, 2.24) is 0 Å². The summed E-state index contributed by atoms with van der Waals surface area (Å²) in [6.45, 7) is 7.25. The summed E-state index contributed by atoms with van der Waals surface area (Å²) in [6.07, 6.45) is 54.3. The van der Waals surface area contributed by atoms with Gasteiger partial charge in [0, 0.05) is 25.7 Å². The van der Waals surface area contributed by atoms with Gasteiger partial charge in [-0.05, 0) is 31.6 Å². The largest absolute Gasteiger partial charge is 0.472 e. The number of ether oxygens (including phenoxy) is 4. The van der Waals surface area contributed by atoms with Crippen LogP contribution in [0.2, 0.25) is 0 Å². The lowest BCUT2D eigenvalue weighted by Crippen LogP contribution is -2.30. The van der Waals surface area contributed by atoms with Crippen molar-refractivity contribution >= 4 is 39.5 Å². The van der Waals surface area contributed by atoms with Crippen LogP contribution in [-0.2, 0) is 65.4 Å². The van der Waals surface area contributed by atoms with Gasteiger partial charge in [0.1, 0.15) is 19.3 Å². The molecule has 5 atom stereocenters. The summed E-state index contributed by atoms with van der Waals surface area (Å²) in [5, 5.41) is 10.6. The minimum atomic E-state index is -4.95. The van der Waals surface area contributed by atoms with E-state index in [1.807, 2.05) is 0 Å². The summed E-state index contributed by atoms with van der Waals surface area (Å²) < 4.78 is 68.3. The fraction of sp³-hybridized carbons (Fsp3) is 0.945. The van der Waals surface area contributed by atoms with Crippen LogP contribution in [0.25, 0.3) is 0 Å². The number of phosphoric acid groups is 2. The lowest BCUT2D eigenvalue weighted by Gasteiger charge is -2.21. The summed E-state index contributed by atoms with van der Waals surface area (Å²) in [7, 11) is -9.90. The van der Waals surface area contributed by atoms with Crippen molar-refractivity contribution in [2.24, 2.45) is 5.92 Å². The maximum Gasteiger partial charge on any atom is 0.472 e. The molecular formula is C73H142O17P2. The normalized spacial score (nSPS) is 14.0. The highest BCUT2D eigenvalue weighted by Gasteiger charge is 2.30. The van der Waals surface area contributed by atoms with Crippen LogP contribution in [0.5, 0.6) is 0 Å². The highest BCUT2D eigenvalue weighted by atomic mass is 31.2. The Hall–Kier alpha value is -1.94. The fourth-order valence-corrected chi connectivity index (χ4v) is 12.8. The molecule has 0 saturated carbocycles. The van der Waals surface area contributed by atoms with Crippen LogP contribution in [0.4, 0.5) is 0 Å². The average Bonchev–Trinajstić information content (AvgIpc) is 1.61. The minimum Gasteiger partial charge on any atom is -0.462 e. The first-order valence-electron chi connectivity index (χ1n) is 38.1. The molecule has 0 heterocycles. The zero-order valence-corrected chi connectivity index (χ0v) is 61.5. The zero-order valence-electron chi connectivity index (χ0n) is 59.7. The average molecular weight is 1350 g/mol. The molecule has 0 saturated heterocycles. The molecular weight excluding hydrogens is 1210 g/mol. The van der Waals surface area contributed by atoms with E-state index in [1.165, 1.54) is 193 Å². The third-order valence-electron chi connectivity index (χ3n) is 17.0. The molecule has 92 heavy (non-hydrogen) atoms. The highest BCUT2D eigenvalue weighted by Crippen LogP contribution is 2.45. The third-order valence-corrected chi connectivity index (χ3v) is 18.9. The lowest BCUT2D eigenvalue weighted by molar-refractivity contribution is -0.161. The molecule has 0 spiro atoms. The quantitative estimate of drug-likeness (QED) is 0.0222. The predicted octanol–water partition coefficient (Wildman–Crippen LogP) is 21.3. The van der Waals surface area contributed by atoms with E-state index >= 15 is 0 Å². The van der Waals surface area contributed by atoms with Crippen molar-refractivity contribution in [3.63, 3.8) is 0 Å². The first-order valence-corrected chi connectivity index (χ1v) is 41.1. The molecule has 19 heteroatoms. The van der Waals surface area contributed by atoms with Crippen molar-refractivity contribution in [2.45, 2.75) is 400 Å². The molecule has 0 aromatic rings. The van der Waals surface area contributed by atoms with E-state index in [1.54, 1.807) is 0 Å². The first kappa shape index (κ1) is 90.1. The van der Waals surface area contributed by atoms with E-state index < -0.39 is 97.5 Å². The monoisotopic (exact) mass is 1350 g/mol. The molecule has 0 aliphatic carbocycles. The summed E-state index contributed by atoms with van der Waals surface area (Å²) >= 11 is 0. The van der Waals surface area contributed by atoms with Crippen molar-refractivity contribution in [3.8, 4) is 0 Å². The van der Waals surface area contributed by atoms with Crippen molar-refractivity contribution in [2.75, 3.05) is 39.6 Å². The van der Waals surface area contributed by atoms with Gasteiger partial charge in [-0.3, -0.25) is 37.3 Å². The van der Waals surface area contributed by atoms with E-state index in [9.17, 15) is 43.2 Å². The second-order valence-electron chi connectivity index (χ2n) is 26.8. The van der Waals surface area contributed by atoms with Gasteiger partial charge in [-0.1, -0.05) is 330 Å². The number of aliphatic hydroxyl groups excluding tert-OH is 1. The molecule has 546 valence electrons. The van der Waals surface area contributed by atoms with Gasteiger partial charge >= 0.3 is 39.5 Å². The van der Waals surface area contributed by atoms with Crippen molar-refractivity contribution < 1.29 is 80.2 Å². The molecule has 2 unspecified atom stereocenters. The van der Waals surface area contributed by atoms with Gasteiger partial charge < -0.3 is 33.8 Å². The molecule has 0 amide bonds. The van der Waals surface area contributed by atoms with Gasteiger partial charge in [0.25, 0.3) is 0 Å². The number of aliphatic hydroxyl groups is 1. The summed E-state index contributed by atoms with van der Waals surface area (Å²) in [4.78, 5) is 72.5. The lowest BCUT2D eigenvalue weighted by atomic mass is 10.0. The van der Waals surface area contributed by atoms with Gasteiger partial charge in [0.2, 0.25) is 0 Å². The number of carbonyl (C=O) groups is 4. The number of unbranched alkanes of at least 4 members (excludes halogenated alkanes) is 45. The van der Waals surface area contributed by atoms with E-state index in [-0.39, 0.29) is 25.7 Å². The topological polar surface area (TPSA) is 237 Å². The standard InChI is InChI=1S/C73H142O17P2/c1-6-9-12-15-18-20-22-23-24-25-26-27-32-35-39-44-49-54-59-73(78)90-69(63-84-71(76)57-52-47-42-38-34-31-29-28-30-33-36-41-45-50-55-66(4)5)65-88-92(81,82)86-61-67(74)60-85-91(79,80)87-64-68(62-83-70(75)56-51-46-40-17-14-11-8-3)89-72(77)58-53-48-43-37-21-19-16-13-10-7-2/h66-69,74H,6-65H2,1-5H3,(H,79,80)(H,81,82)/t67-,68+,69+/m0/s1. The van der Waals surface area contributed by atoms with Crippen LogP contribution >= 0.6 is 15.6 Å². The summed E-state index contributed by atoms with van der Waals surface area (Å²) in [5.74, 6) is -1.32. The van der Waals surface area contributed by atoms with Crippen LogP contribution in [0.15, 0.2) is 0 Å². The van der Waals surface area contributed by atoms with Crippen LogP contribution in [0, 0.1) is 5.92 Å². The Balaban J connectivity index is 5.17. The molecule has 17 nitrogen and oxygen atoms in total. The second-order valence-corrected chi connectivity index (χ2v) is 29.7. The maximum atomic E-state index is 13.1. The minimum absolute atomic E-state index is 0.106. The highest BCUT2D eigenvalue weighted by molar-refractivity contribution is 7.47. The molecule has 0 aromatic heterocycles. The van der Waals surface area contributed by atoms with Crippen LogP contribution in [0.3, 0.4) is 0 Å². The third kappa shape index (κ3) is 66.7. The molecule has 0 radical (unpaired) electrons. The first-order chi connectivity index (χ1) is 44.5. The van der Waals surface area contributed by atoms with Crippen molar-refractivity contribution in [3.05, 3.63) is 0 Å². The zero-order chi connectivity index (χ0) is 67.7. The van der Waals surface area contributed by atoms with E-state index in [0.717, 1.165) is 109 Å². The van der Waals surface area contributed by atoms with Crippen LogP contribution in [0.1, 0.15) is 381 Å². The van der Waals surface area contributed by atoms with Gasteiger partial charge in [-0.2, -0.15) is 0 Å². The Bertz CT molecular complexity index is 1770. The molecule has 0 bridgehead atoms.